The number of quaternary nitrogens is 1. The van der Waals surface area contributed by atoms with Crippen LogP contribution in [0.5, 0.6) is 0 Å². The van der Waals surface area contributed by atoms with Crippen LogP contribution in [-0.2, 0) is 23.9 Å². The first-order valence-corrected chi connectivity index (χ1v) is 7.45. The second-order valence-corrected chi connectivity index (χ2v) is 5.95. The molecule has 1 aromatic carbocycles. The minimum Gasteiger partial charge on any atom is -0.600 e. The van der Waals surface area contributed by atoms with Gasteiger partial charge in [0, 0.05) is 0 Å². The highest BCUT2D eigenvalue weighted by Crippen LogP contribution is 2.53. The Labute approximate surface area is 137 Å². The standard InChI is InChI=1S/C16H17NO7/c1-23-15(19)11-9-7-5-3-4-6-8(7)10(13(9)17(21)22)12(14(11)18)16(20)24-2/h3-6,9-13,17,21H,1-2H3/t9-,10-,11-,12+,13?/m1/s1. The van der Waals surface area contributed by atoms with Crippen molar-refractivity contribution in [3.05, 3.63) is 40.6 Å². The van der Waals surface area contributed by atoms with Crippen molar-refractivity contribution in [2.24, 2.45) is 11.8 Å². The molecule has 8 heteroatoms. The molecular weight excluding hydrogens is 318 g/mol. The van der Waals surface area contributed by atoms with Crippen LogP contribution >= 0.6 is 0 Å². The molecule has 0 aromatic heterocycles. The lowest BCUT2D eigenvalue weighted by Gasteiger charge is -2.39. The van der Waals surface area contributed by atoms with E-state index in [4.69, 9.17) is 9.47 Å². The summed E-state index contributed by atoms with van der Waals surface area (Å²) in [7, 11) is 2.26. The number of hydrogen-bond acceptors (Lipinski definition) is 7. The number of rotatable bonds is 3. The maximum absolute atomic E-state index is 12.8. The summed E-state index contributed by atoms with van der Waals surface area (Å²) >= 11 is 0. The fourth-order valence-corrected chi connectivity index (χ4v) is 4.14. The zero-order valence-electron chi connectivity index (χ0n) is 13.1. The number of ketones is 1. The van der Waals surface area contributed by atoms with Crippen molar-refractivity contribution in [2.45, 2.75) is 17.9 Å². The Balaban J connectivity index is 2.24. The number of methoxy groups -OCH3 is 2. The van der Waals surface area contributed by atoms with Crippen LogP contribution in [0.2, 0.25) is 0 Å². The molecule has 0 amide bonds. The lowest BCUT2D eigenvalue weighted by Crippen LogP contribution is -3.10. The number of hydroxylamine groups is 2. The molecule has 3 rings (SSSR count). The normalized spacial score (nSPS) is 32.0. The molecule has 8 nitrogen and oxygen atoms in total. The van der Waals surface area contributed by atoms with Crippen molar-refractivity contribution in [1.29, 1.82) is 0 Å². The summed E-state index contributed by atoms with van der Waals surface area (Å²) in [6.07, 6.45) is 0. The monoisotopic (exact) mass is 335 g/mol. The van der Waals surface area contributed by atoms with Gasteiger partial charge in [0.2, 0.25) is 0 Å². The number of benzene rings is 1. The average Bonchev–Trinajstić information content (AvgIpc) is 2.85. The van der Waals surface area contributed by atoms with Crippen molar-refractivity contribution in [2.75, 3.05) is 14.2 Å². The number of carbonyl (C=O) groups is 3. The van der Waals surface area contributed by atoms with Crippen LogP contribution in [0, 0.1) is 17.0 Å². The van der Waals surface area contributed by atoms with Crippen LogP contribution in [0.4, 0.5) is 0 Å². The zero-order valence-corrected chi connectivity index (χ0v) is 13.1. The number of fused-ring (bicyclic) bond motifs is 5. The zero-order chi connectivity index (χ0) is 17.6. The summed E-state index contributed by atoms with van der Waals surface area (Å²) in [6, 6.07) is 5.75. The maximum Gasteiger partial charge on any atom is 0.317 e. The van der Waals surface area contributed by atoms with Crippen LogP contribution in [0.15, 0.2) is 24.3 Å². The molecule has 0 spiro atoms. The van der Waals surface area contributed by atoms with Gasteiger partial charge in [-0.1, -0.05) is 24.3 Å². The van der Waals surface area contributed by atoms with Gasteiger partial charge in [-0.2, -0.15) is 0 Å². The van der Waals surface area contributed by atoms with Gasteiger partial charge in [0.05, 0.1) is 26.1 Å². The predicted molar refractivity (Wildman–Crippen MR) is 77.8 cm³/mol. The lowest BCUT2D eigenvalue weighted by atomic mass is 9.67. The molecule has 1 saturated carbocycles. The largest absolute Gasteiger partial charge is 0.600 e. The smallest absolute Gasteiger partial charge is 0.317 e. The van der Waals surface area contributed by atoms with E-state index < -0.39 is 52.7 Å². The minimum atomic E-state index is -1.33. The molecule has 1 aromatic rings. The summed E-state index contributed by atoms with van der Waals surface area (Å²) in [5.41, 5.74) is 1.20. The molecule has 0 saturated heterocycles. The molecule has 6 atom stereocenters. The van der Waals surface area contributed by atoms with E-state index >= 15 is 0 Å². The van der Waals surface area contributed by atoms with E-state index in [0.717, 1.165) is 14.2 Å². The molecule has 1 fully saturated rings. The van der Waals surface area contributed by atoms with E-state index in [1.165, 1.54) is 0 Å². The summed E-state index contributed by atoms with van der Waals surface area (Å²) in [6.45, 7) is 0. The average molecular weight is 335 g/mol. The van der Waals surface area contributed by atoms with E-state index in [0.29, 0.717) is 11.1 Å². The van der Waals surface area contributed by atoms with Gasteiger partial charge in [0.1, 0.15) is 17.9 Å². The van der Waals surface area contributed by atoms with E-state index in [2.05, 4.69) is 0 Å². The number of nitrogens with one attached hydrogen (secondary N) is 1. The fraction of sp³-hybridized carbons (Fsp3) is 0.438. The fourth-order valence-electron chi connectivity index (χ4n) is 4.14. The van der Waals surface area contributed by atoms with Gasteiger partial charge in [-0.25, -0.2) is 10.4 Å². The Morgan fingerprint density at radius 3 is 1.79 bits per heavy atom. The number of esters is 2. The molecule has 0 radical (unpaired) electrons. The van der Waals surface area contributed by atoms with E-state index in [-0.39, 0.29) is 0 Å². The van der Waals surface area contributed by atoms with Crippen molar-refractivity contribution < 1.29 is 34.3 Å². The molecule has 2 aliphatic rings. The first-order chi connectivity index (χ1) is 11.4. The Hall–Kier alpha value is -2.29. The van der Waals surface area contributed by atoms with Gasteiger partial charge in [-0.05, 0) is 11.1 Å². The summed E-state index contributed by atoms with van der Waals surface area (Å²) in [4.78, 5) is 37.3. The summed E-state index contributed by atoms with van der Waals surface area (Å²) in [5.74, 6) is -6.66. The van der Waals surface area contributed by atoms with Crippen LogP contribution in [0.25, 0.3) is 0 Å². The van der Waals surface area contributed by atoms with Crippen molar-refractivity contribution in [1.82, 2.24) is 0 Å². The molecular formula is C16H17NO7. The molecule has 0 heterocycles. The SMILES string of the molecule is COC(=O)[C@@H]1C(=O)[C@H](C(=O)OC)[C@H]2c3ccccc3[C@H]1C2[NH+]([O-])O. The number of Topliss-reactive ketones (excluding diaryl/α,β-unsaturated/α-hetero) is 1. The number of carbonyl (C=O) groups excluding carboxylic acids is 3. The van der Waals surface area contributed by atoms with Gasteiger partial charge < -0.3 is 14.7 Å². The second-order valence-electron chi connectivity index (χ2n) is 5.95. The third-order valence-electron chi connectivity index (χ3n) is 5.01. The van der Waals surface area contributed by atoms with Gasteiger partial charge in [-0.3, -0.25) is 14.4 Å². The third kappa shape index (κ3) is 2.15. The second kappa shape index (κ2) is 5.97. The Morgan fingerprint density at radius 2 is 1.46 bits per heavy atom. The van der Waals surface area contributed by atoms with Crippen molar-refractivity contribution >= 4 is 17.7 Å². The van der Waals surface area contributed by atoms with Crippen molar-refractivity contribution in [3.63, 3.8) is 0 Å². The number of hydrogen-bond donors (Lipinski definition) is 2. The van der Waals surface area contributed by atoms with Crippen LogP contribution in [0.3, 0.4) is 0 Å². The Kier molecular flexibility index (Phi) is 4.12. The molecule has 2 bridgehead atoms. The van der Waals surface area contributed by atoms with Gasteiger partial charge >= 0.3 is 11.9 Å². The topological polar surface area (TPSA) is 117 Å². The van der Waals surface area contributed by atoms with E-state index in [1.54, 1.807) is 24.3 Å². The predicted octanol–water partition coefficient (Wildman–Crippen LogP) is -0.831. The highest BCUT2D eigenvalue weighted by molar-refractivity contribution is 6.11. The highest BCUT2D eigenvalue weighted by atomic mass is 16.8. The molecule has 128 valence electrons. The summed E-state index contributed by atoms with van der Waals surface area (Å²) < 4.78 is 9.42. The van der Waals surface area contributed by atoms with Gasteiger partial charge in [0.15, 0.2) is 5.78 Å². The first-order valence-electron chi connectivity index (χ1n) is 7.45. The van der Waals surface area contributed by atoms with Gasteiger partial charge in [0.25, 0.3) is 0 Å². The van der Waals surface area contributed by atoms with Crippen LogP contribution < -0.4 is 5.23 Å². The maximum atomic E-state index is 12.8. The Bertz CT molecular complexity index is 648. The van der Waals surface area contributed by atoms with E-state index in [9.17, 15) is 24.8 Å². The molecule has 2 aliphatic carbocycles. The molecule has 2 unspecified atom stereocenters. The Morgan fingerprint density at radius 1 is 1.04 bits per heavy atom. The third-order valence-corrected chi connectivity index (χ3v) is 5.01. The first kappa shape index (κ1) is 16.6. The molecule has 0 aliphatic heterocycles. The minimum absolute atomic E-state index is 0.602. The quantitative estimate of drug-likeness (QED) is 0.420. The van der Waals surface area contributed by atoms with Gasteiger partial charge in [-0.15, -0.1) is 0 Å². The molecule has 2 N–H and O–H groups in total. The highest BCUT2D eigenvalue weighted by Gasteiger charge is 2.64. The van der Waals surface area contributed by atoms with E-state index in [1.807, 2.05) is 0 Å². The number of ether oxygens (including phenoxy) is 2. The van der Waals surface area contributed by atoms with Crippen LogP contribution in [-0.4, -0.2) is 43.2 Å². The molecule has 24 heavy (non-hydrogen) atoms. The summed E-state index contributed by atoms with van der Waals surface area (Å²) in [5, 5.41) is 20.4. The van der Waals surface area contributed by atoms with Crippen molar-refractivity contribution in [3.8, 4) is 0 Å². The lowest BCUT2D eigenvalue weighted by molar-refractivity contribution is -1.07. The van der Waals surface area contributed by atoms with Crippen LogP contribution in [0.1, 0.15) is 23.0 Å².